The standard InChI is InChI=1S/C36H62O4Si2/c1-33(2,3)41(9,10)39-31-23-32(40-42(11,12)34(4,5)6)36(8)28-21-17-16-20-27(28)29(37)22-30(36)35(31,7)25-38-24-26-18-14-13-15-19-26/h13-15,18-20,28-32,37H,16-17,21-25H2,1-12H3/t28-,29-,30-,31-,32+,35-,36+/m0/s1. The van der Waals surface area contributed by atoms with E-state index in [2.05, 4.69) is 118 Å². The number of hydrogen-bond acceptors (Lipinski definition) is 4. The fourth-order valence-corrected chi connectivity index (χ4v) is 10.6. The number of ether oxygens (including phenoxy) is 1. The highest BCUT2D eigenvalue weighted by atomic mass is 28.4. The Morgan fingerprint density at radius 2 is 1.43 bits per heavy atom. The average molecular weight is 615 g/mol. The van der Waals surface area contributed by atoms with Crippen molar-refractivity contribution in [2.24, 2.45) is 22.7 Å². The van der Waals surface area contributed by atoms with E-state index < -0.39 is 22.7 Å². The molecular weight excluding hydrogens is 553 g/mol. The van der Waals surface area contributed by atoms with E-state index in [1.807, 2.05) is 0 Å². The maximum atomic E-state index is 11.7. The summed E-state index contributed by atoms with van der Waals surface area (Å²) in [5.41, 5.74) is 2.12. The molecule has 0 aliphatic heterocycles. The molecule has 4 nitrogen and oxygen atoms in total. The minimum Gasteiger partial charge on any atom is -0.413 e. The van der Waals surface area contributed by atoms with Gasteiger partial charge in [0.25, 0.3) is 0 Å². The van der Waals surface area contributed by atoms with Crippen LogP contribution < -0.4 is 0 Å². The molecule has 1 aromatic carbocycles. The van der Waals surface area contributed by atoms with E-state index in [1.54, 1.807) is 0 Å². The van der Waals surface area contributed by atoms with Crippen molar-refractivity contribution in [3.8, 4) is 0 Å². The van der Waals surface area contributed by atoms with Gasteiger partial charge >= 0.3 is 0 Å². The molecule has 6 heteroatoms. The Balaban J connectivity index is 1.81. The van der Waals surface area contributed by atoms with Crippen LogP contribution in [0.15, 0.2) is 42.0 Å². The molecule has 0 spiro atoms. The molecule has 0 radical (unpaired) electrons. The highest BCUT2D eigenvalue weighted by molar-refractivity contribution is 6.74. The largest absolute Gasteiger partial charge is 0.413 e. The molecule has 2 saturated carbocycles. The molecule has 1 aromatic rings. The Bertz CT molecular complexity index is 1100. The fraction of sp³-hybridized carbons (Fsp3) is 0.778. The second-order valence-corrected chi connectivity index (χ2v) is 26.8. The molecule has 0 saturated heterocycles. The number of allylic oxidation sites excluding steroid dienone is 1. The molecule has 0 bridgehead atoms. The van der Waals surface area contributed by atoms with Gasteiger partial charge in [-0.25, -0.2) is 0 Å². The monoisotopic (exact) mass is 614 g/mol. The lowest BCUT2D eigenvalue weighted by Crippen LogP contribution is -2.68. The Labute approximate surface area is 260 Å². The highest BCUT2D eigenvalue weighted by Crippen LogP contribution is 2.65. The van der Waals surface area contributed by atoms with Crippen LogP contribution in [0.1, 0.15) is 93.1 Å². The second-order valence-electron chi connectivity index (χ2n) is 17.3. The second kappa shape index (κ2) is 11.9. The molecule has 2 fully saturated rings. The van der Waals surface area contributed by atoms with Gasteiger partial charge in [0.2, 0.25) is 0 Å². The first-order chi connectivity index (χ1) is 19.2. The Morgan fingerprint density at radius 1 is 0.857 bits per heavy atom. The van der Waals surface area contributed by atoms with Gasteiger partial charge in [-0.05, 0) is 91.3 Å². The fourth-order valence-electron chi connectivity index (χ4n) is 7.74. The number of fused-ring (bicyclic) bond motifs is 3. The zero-order valence-electron chi connectivity index (χ0n) is 29.0. The topological polar surface area (TPSA) is 47.9 Å². The van der Waals surface area contributed by atoms with Gasteiger partial charge in [0, 0.05) is 10.8 Å². The van der Waals surface area contributed by atoms with Gasteiger partial charge in [-0.3, -0.25) is 0 Å². The van der Waals surface area contributed by atoms with Crippen LogP contribution in [0.5, 0.6) is 0 Å². The number of aliphatic hydroxyl groups excluding tert-OH is 1. The first-order valence-electron chi connectivity index (χ1n) is 16.6. The summed E-state index contributed by atoms with van der Waals surface area (Å²) in [6.07, 6.45) is 7.07. The lowest BCUT2D eigenvalue weighted by molar-refractivity contribution is -0.212. The summed E-state index contributed by atoms with van der Waals surface area (Å²) in [7, 11) is -4.20. The molecule has 0 heterocycles. The van der Waals surface area contributed by atoms with E-state index in [9.17, 15) is 5.11 Å². The Morgan fingerprint density at radius 3 is 2.00 bits per heavy atom. The summed E-state index contributed by atoms with van der Waals surface area (Å²) >= 11 is 0. The molecule has 0 unspecified atom stereocenters. The van der Waals surface area contributed by atoms with Crippen LogP contribution in [-0.2, 0) is 20.2 Å². The van der Waals surface area contributed by atoms with Crippen LogP contribution in [0.25, 0.3) is 0 Å². The number of rotatable bonds is 8. The van der Waals surface area contributed by atoms with Gasteiger partial charge in [-0.15, -0.1) is 0 Å². The van der Waals surface area contributed by atoms with Crippen LogP contribution in [-0.4, -0.2) is 46.7 Å². The van der Waals surface area contributed by atoms with E-state index in [4.69, 9.17) is 13.6 Å². The summed E-state index contributed by atoms with van der Waals surface area (Å²) in [6.45, 7) is 29.8. The van der Waals surface area contributed by atoms with Crippen LogP contribution in [0.3, 0.4) is 0 Å². The molecule has 3 aliphatic carbocycles. The van der Waals surface area contributed by atoms with Crippen molar-refractivity contribution in [3.63, 3.8) is 0 Å². The Hall–Kier alpha value is -0.766. The number of aliphatic hydroxyl groups is 1. The molecule has 42 heavy (non-hydrogen) atoms. The van der Waals surface area contributed by atoms with Gasteiger partial charge in [0.1, 0.15) is 0 Å². The van der Waals surface area contributed by atoms with Crippen molar-refractivity contribution < 1.29 is 18.7 Å². The quantitative estimate of drug-likeness (QED) is 0.234. The van der Waals surface area contributed by atoms with E-state index in [0.717, 1.165) is 25.7 Å². The van der Waals surface area contributed by atoms with Crippen LogP contribution in [0.4, 0.5) is 0 Å². The van der Waals surface area contributed by atoms with E-state index in [1.165, 1.54) is 17.6 Å². The van der Waals surface area contributed by atoms with Gasteiger partial charge in [0.05, 0.1) is 31.5 Å². The number of benzene rings is 1. The van der Waals surface area contributed by atoms with Crippen molar-refractivity contribution in [1.82, 2.24) is 0 Å². The van der Waals surface area contributed by atoms with Crippen molar-refractivity contribution in [2.75, 3.05) is 6.61 Å². The lowest BCUT2D eigenvalue weighted by atomic mass is 9.44. The first kappa shape index (κ1) is 34.1. The molecular formula is C36H62O4Si2. The van der Waals surface area contributed by atoms with Crippen LogP contribution in [0, 0.1) is 22.7 Å². The number of hydrogen-bond donors (Lipinski definition) is 1. The molecule has 3 aliphatic rings. The molecule has 4 rings (SSSR count). The minimum absolute atomic E-state index is 0.00308. The third kappa shape index (κ3) is 6.32. The summed E-state index contributed by atoms with van der Waals surface area (Å²) < 4.78 is 21.6. The van der Waals surface area contributed by atoms with Gasteiger partial charge in [-0.2, -0.15) is 0 Å². The summed E-state index contributed by atoms with van der Waals surface area (Å²) in [5.74, 6) is 0.548. The minimum atomic E-state index is -2.12. The normalized spacial score (nSPS) is 34.4. The molecule has 1 N–H and O–H groups in total. The predicted molar refractivity (Wildman–Crippen MR) is 181 cm³/mol. The zero-order chi connectivity index (χ0) is 31.4. The Kier molecular flexibility index (Phi) is 9.64. The van der Waals surface area contributed by atoms with Crippen molar-refractivity contribution in [1.29, 1.82) is 0 Å². The maximum Gasteiger partial charge on any atom is 0.192 e. The van der Waals surface area contributed by atoms with E-state index >= 15 is 0 Å². The first-order valence-corrected chi connectivity index (χ1v) is 22.4. The van der Waals surface area contributed by atoms with Gasteiger partial charge in [-0.1, -0.05) is 91.8 Å². The summed E-state index contributed by atoms with van der Waals surface area (Å²) in [6, 6.07) is 10.5. The van der Waals surface area contributed by atoms with Crippen molar-refractivity contribution >= 4 is 16.6 Å². The SMILES string of the molecule is CC(C)(C)[Si](C)(C)O[C@H]1C[C@@H](O[Si](C)(C)C(C)(C)C)[C@]2(C)[C@H]3CCCC=C3[C@@H](O)C[C@H]2[C@]1(C)COCc1ccccc1. The third-order valence-electron chi connectivity index (χ3n) is 12.5. The molecule has 0 amide bonds. The van der Waals surface area contributed by atoms with E-state index in [0.29, 0.717) is 19.1 Å². The summed E-state index contributed by atoms with van der Waals surface area (Å²) in [4.78, 5) is 0. The van der Waals surface area contributed by atoms with Crippen molar-refractivity contribution in [2.45, 2.75) is 149 Å². The van der Waals surface area contributed by atoms with Gasteiger partial charge < -0.3 is 18.7 Å². The smallest absolute Gasteiger partial charge is 0.192 e. The zero-order valence-corrected chi connectivity index (χ0v) is 31.0. The molecule has 7 atom stereocenters. The predicted octanol–water partition coefficient (Wildman–Crippen LogP) is 9.51. The van der Waals surface area contributed by atoms with Crippen LogP contribution >= 0.6 is 0 Å². The summed E-state index contributed by atoms with van der Waals surface area (Å²) in [5, 5.41) is 11.9. The highest BCUT2D eigenvalue weighted by Gasteiger charge is 2.66. The lowest BCUT2D eigenvalue weighted by Gasteiger charge is -2.66. The maximum absolute atomic E-state index is 11.7. The molecule has 0 aromatic heterocycles. The average Bonchev–Trinajstić information content (AvgIpc) is 2.88. The molecule has 238 valence electrons. The van der Waals surface area contributed by atoms with Crippen LogP contribution in [0.2, 0.25) is 36.3 Å². The third-order valence-corrected chi connectivity index (χ3v) is 21.5. The van der Waals surface area contributed by atoms with Gasteiger partial charge in [0.15, 0.2) is 16.6 Å². The van der Waals surface area contributed by atoms with E-state index in [-0.39, 0.29) is 39.0 Å². The van der Waals surface area contributed by atoms with Crippen molar-refractivity contribution in [3.05, 3.63) is 47.5 Å².